The Hall–Kier alpha value is -1.58. The number of amides is 2. The van der Waals surface area contributed by atoms with E-state index in [2.05, 4.69) is 26.0 Å². The van der Waals surface area contributed by atoms with Crippen LogP contribution in [-0.4, -0.2) is 46.8 Å². The van der Waals surface area contributed by atoms with Gasteiger partial charge in [-0.05, 0) is 12.8 Å². The van der Waals surface area contributed by atoms with Crippen LogP contribution in [0.2, 0.25) is 0 Å². The third-order valence-corrected chi connectivity index (χ3v) is 5.13. The molecule has 5 heterocycles. The van der Waals surface area contributed by atoms with E-state index in [9.17, 15) is 9.59 Å². The average Bonchev–Trinajstić information content (AvgIpc) is 2.50. The van der Waals surface area contributed by atoms with Crippen LogP contribution < -0.4 is 0 Å². The Balaban J connectivity index is 1.92. The number of unbranched alkanes of at least 4 members (excludes halogenated alkanes) is 2. The zero-order valence-corrected chi connectivity index (χ0v) is 13.6. The Morgan fingerprint density at radius 2 is 1.18 bits per heavy atom. The number of hydrogen-bond acceptors (Lipinski definition) is 2. The van der Waals surface area contributed by atoms with E-state index in [0.717, 1.165) is 38.8 Å². The van der Waals surface area contributed by atoms with E-state index >= 15 is 0 Å². The molecule has 0 radical (unpaired) electrons. The quantitative estimate of drug-likeness (QED) is 0.707. The minimum atomic E-state index is -0.202. The molecule has 0 unspecified atom stereocenters. The van der Waals surface area contributed by atoms with E-state index < -0.39 is 0 Å². The summed E-state index contributed by atoms with van der Waals surface area (Å²) >= 11 is 0. The summed E-state index contributed by atoms with van der Waals surface area (Å²) in [5, 5.41) is 0. The van der Waals surface area contributed by atoms with Crippen molar-refractivity contribution in [2.75, 3.05) is 13.1 Å². The molecule has 0 spiro atoms. The molecule has 120 valence electrons. The second-order valence-corrected chi connectivity index (χ2v) is 6.57. The number of nitrogens with zero attached hydrogens (tertiary/aromatic N) is 2. The van der Waals surface area contributed by atoms with Gasteiger partial charge in [0, 0.05) is 13.1 Å². The molecule has 1 saturated heterocycles. The summed E-state index contributed by atoms with van der Waals surface area (Å²) in [4.78, 5) is 29.7. The first kappa shape index (κ1) is 15.3. The highest BCUT2D eigenvalue weighted by molar-refractivity contribution is 5.91. The lowest BCUT2D eigenvalue weighted by molar-refractivity contribution is -0.151. The maximum atomic E-state index is 12.9. The van der Waals surface area contributed by atoms with Crippen molar-refractivity contribution in [3.63, 3.8) is 0 Å². The van der Waals surface area contributed by atoms with E-state index in [1.165, 1.54) is 0 Å². The maximum Gasteiger partial charge on any atom is 0.232 e. The van der Waals surface area contributed by atoms with Gasteiger partial charge in [0.25, 0.3) is 0 Å². The number of carbonyl (C=O) groups is 2. The summed E-state index contributed by atoms with van der Waals surface area (Å²) < 4.78 is 0. The van der Waals surface area contributed by atoms with Crippen LogP contribution >= 0.6 is 0 Å². The minimum absolute atomic E-state index is 0.0931. The summed E-state index contributed by atoms with van der Waals surface area (Å²) in [6.45, 7) is 5.79. The molecule has 4 atom stereocenters. The summed E-state index contributed by atoms with van der Waals surface area (Å²) in [5.41, 5.74) is 0. The molecule has 4 nitrogen and oxygen atoms in total. The van der Waals surface area contributed by atoms with Crippen LogP contribution in [0.1, 0.15) is 39.5 Å². The average molecular weight is 302 g/mol. The molecule has 1 aliphatic carbocycles. The first-order valence-electron chi connectivity index (χ1n) is 8.66. The fourth-order valence-electron chi connectivity index (χ4n) is 3.84. The molecule has 1 fully saturated rings. The lowest BCUT2D eigenvalue weighted by atomic mass is 9.78. The van der Waals surface area contributed by atoms with Crippen molar-refractivity contribution in [1.29, 1.82) is 0 Å². The van der Waals surface area contributed by atoms with Gasteiger partial charge in [-0.1, -0.05) is 51.0 Å². The summed E-state index contributed by atoms with van der Waals surface area (Å²) in [5.74, 6) is 0.00132. The van der Waals surface area contributed by atoms with Crippen LogP contribution in [0.4, 0.5) is 0 Å². The van der Waals surface area contributed by atoms with E-state index in [4.69, 9.17) is 0 Å². The molecular weight excluding hydrogens is 276 g/mol. The van der Waals surface area contributed by atoms with Crippen LogP contribution in [-0.2, 0) is 9.59 Å². The predicted molar refractivity (Wildman–Crippen MR) is 86.1 cm³/mol. The normalized spacial score (nSPS) is 32.8. The summed E-state index contributed by atoms with van der Waals surface area (Å²) in [6.07, 6.45) is 12.4. The van der Waals surface area contributed by atoms with Gasteiger partial charge in [-0.15, -0.1) is 0 Å². The second kappa shape index (κ2) is 6.27. The Morgan fingerprint density at radius 3 is 1.55 bits per heavy atom. The summed E-state index contributed by atoms with van der Waals surface area (Å²) in [6, 6.07) is -0.186. The van der Waals surface area contributed by atoms with Gasteiger partial charge in [0.15, 0.2) is 0 Å². The second-order valence-electron chi connectivity index (χ2n) is 6.57. The van der Waals surface area contributed by atoms with Crippen LogP contribution in [0.25, 0.3) is 0 Å². The van der Waals surface area contributed by atoms with Crippen molar-refractivity contribution < 1.29 is 9.59 Å². The Bertz CT molecular complexity index is 465. The van der Waals surface area contributed by atoms with E-state index in [0.29, 0.717) is 0 Å². The molecule has 0 N–H and O–H groups in total. The van der Waals surface area contributed by atoms with Crippen molar-refractivity contribution >= 4 is 11.8 Å². The minimum Gasteiger partial charge on any atom is -0.335 e. The Labute approximate surface area is 132 Å². The number of hydrogen-bond donors (Lipinski definition) is 0. The van der Waals surface area contributed by atoms with E-state index in [1.54, 1.807) is 0 Å². The molecule has 0 aromatic rings. The first-order valence-corrected chi connectivity index (χ1v) is 8.66. The molecule has 0 saturated carbocycles. The molecule has 6 rings (SSSR count). The van der Waals surface area contributed by atoms with Crippen molar-refractivity contribution in [2.45, 2.75) is 51.6 Å². The molecule has 0 aromatic carbocycles. The van der Waals surface area contributed by atoms with Gasteiger partial charge < -0.3 is 9.80 Å². The van der Waals surface area contributed by atoms with Crippen molar-refractivity contribution in [2.24, 2.45) is 11.8 Å². The highest BCUT2D eigenvalue weighted by atomic mass is 16.2. The van der Waals surface area contributed by atoms with Gasteiger partial charge in [-0.3, -0.25) is 9.59 Å². The Morgan fingerprint density at radius 1 is 0.773 bits per heavy atom. The van der Waals surface area contributed by atoms with Crippen LogP contribution in [0.5, 0.6) is 0 Å². The first-order chi connectivity index (χ1) is 10.7. The van der Waals surface area contributed by atoms with Crippen LogP contribution in [0, 0.1) is 11.8 Å². The van der Waals surface area contributed by atoms with Crippen molar-refractivity contribution in [1.82, 2.24) is 9.80 Å². The molecular formula is C18H26N2O2. The van der Waals surface area contributed by atoms with Gasteiger partial charge in [0.2, 0.25) is 11.8 Å². The molecule has 22 heavy (non-hydrogen) atoms. The van der Waals surface area contributed by atoms with Crippen molar-refractivity contribution in [3.05, 3.63) is 24.3 Å². The van der Waals surface area contributed by atoms with Gasteiger partial charge in [-0.25, -0.2) is 0 Å². The van der Waals surface area contributed by atoms with Crippen LogP contribution in [0.3, 0.4) is 0 Å². The standard InChI is InChI=1S/C18H26N2O2/c1-3-5-11-19-15-9-7-14(17(19)21)16-10-8-13(15)18(22)20(16)12-6-4-2/h7-10,13-16H,3-6,11-12H2,1-2H3/t13-,14+,15-,16+. The molecule has 6 aliphatic rings. The zero-order valence-electron chi connectivity index (χ0n) is 13.6. The summed E-state index contributed by atoms with van der Waals surface area (Å²) in [7, 11) is 0. The molecule has 4 bridgehead atoms. The monoisotopic (exact) mass is 302 g/mol. The smallest absolute Gasteiger partial charge is 0.232 e. The van der Waals surface area contributed by atoms with E-state index in [1.807, 2.05) is 22.0 Å². The highest BCUT2D eigenvalue weighted by Gasteiger charge is 2.48. The third kappa shape index (κ3) is 2.38. The molecule has 2 amide bonds. The maximum absolute atomic E-state index is 12.9. The zero-order chi connectivity index (χ0) is 15.7. The predicted octanol–water partition coefficient (Wildman–Crippen LogP) is 2.37. The van der Waals surface area contributed by atoms with Crippen LogP contribution in [0.15, 0.2) is 24.3 Å². The molecule has 5 aliphatic heterocycles. The highest BCUT2D eigenvalue weighted by Crippen LogP contribution is 2.36. The largest absolute Gasteiger partial charge is 0.335 e. The fourth-order valence-corrected chi connectivity index (χ4v) is 3.84. The lowest BCUT2D eigenvalue weighted by Crippen LogP contribution is -2.63. The number of carbonyl (C=O) groups excluding carboxylic acids is 2. The fraction of sp³-hybridized carbons (Fsp3) is 0.667. The number of rotatable bonds is 6. The van der Waals surface area contributed by atoms with Gasteiger partial charge in [0.05, 0.1) is 23.9 Å². The molecule has 0 aromatic heterocycles. The lowest BCUT2D eigenvalue weighted by Gasteiger charge is -2.49. The van der Waals surface area contributed by atoms with Gasteiger partial charge in [0.1, 0.15) is 0 Å². The SMILES string of the molecule is CCCCN1C(=O)[C@H]2C=C[C@@H]1[C@H]1C=C[C@@H]2N(CCCC)C1=O. The van der Waals surface area contributed by atoms with Gasteiger partial charge in [-0.2, -0.15) is 0 Å². The van der Waals surface area contributed by atoms with Gasteiger partial charge >= 0.3 is 0 Å². The van der Waals surface area contributed by atoms with Crippen molar-refractivity contribution in [3.8, 4) is 0 Å². The topological polar surface area (TPSA) is 40.6 Å². The van der Waals surface area contributed by atoms with E-state index in [-0.39, 0.29) is 35.7 Å². The molecule has 4 heteroatoms. The Kier molecular flexibility index (Phi) is 4.37. The third-order valence-electron chi connectivity index (χ3n) is 5.13.